The Kier molecular flexibility index (Phi) is 2.68. The SMILES string of the molecule is COC(=O)c1[nH]c2cccc(C(F)(F)F)c2c1O. The van der Waals surface area contributed by atoms with Crippen LogP contribution in [0.2, 0.25) is 0 Å². The van der Waals surface area contributed by atoms with Crippen molar-refractivity contribution in [2.45, 2.75) is 6.18 Å². The lowest BCUT2D eigenvalue weighted by Gasteiger charge is -2.07. The molecule has 0 unspecified atom stereocenters. The lowest BCUT2D eigenvalue weighted by atomic mass is 10.1. The van der Waals surface area contributed by atoms with E-state index in [1.165, 1.54) is 12.1 Å². The fourth-order valence-corrected chi connectivity index (χ4v) is 1.72. The number of ether oxygens (including phenoxy) is 1. The van der Waals surface area contributed by atoms with Gasteiger partial charge in [-0.1, -0.05) is 6.07 Å². The molecule has 1 heterocycles. The quantitative estimate of drug-likeness (QED) is 0.774. The standard InChI is InChI=1S/C11H8F3NO3/c1-18-10(17)8-9(16)7-5(11(12,13)14)3-2-4-6(7)15-8/h2-4,15-16H,1H3. The highest BCUT2D eigenvalue weighted by Crippen LogP contribution is 2.40. The lowest BCUT2D eigenvalue weighted by Crippen LogP contribution is -2.05. The van der Waals surface area contributed by atoms with Crippen molar-refractivity contribution >= 4 is 16.9 Å². The monoisotopic (exact) mass is 259 g/mol. The summed E-state index contributed by atoms with van der Waals surface area (Å²) in [4.78, 5) is 13.7. The Labute approximate surface area is 99.0 Å². The first-order chi connectivity index (χ1) is 8.36. The van der Waals surface area contributed by atoms with Crippen LogP contribution in [-0.2, 0) is 10.9 Å². The van der Waals surface area contributed by atoms with Crippen molar-refractivity contribution in [2.75, 3.05) is 7.11 Å². The molecule has 0 radical (unpaired) electrons. The van der Waals surface area contributed by atoms with Gasteiger partial charge in [-0.3, -0.25) is 0 Å². The number of aromatic amines is 1. The molecule has 0 fully saturated rings. The number of carbonyl (C=O) groups excluding carboxylic acids is 1. The highest BCUT2D eigenvalue weighted by molar-refractivity contribution is 6.02. The molecule has 2 N–H and O–H groups in total. The van der Waals surface area contributed by atoms with Gasteiger partial charge >= 0.3 is 12.1 Å². The second kappa shape index (κ2) is 3.94. The smallest absolute Gasteiger partial charge is 0.417 e. The van der Waals surface area contributed by atoms with Crippen LogP contribution >= 0.6 is 0 Å². The Morgan fingerprint density at radius 1 is 1.39 bits per heavy atom. The maximum Gasteiger partial charge on any atom is 0.417 e. The average molecular weight is 259 g/mol. The zero-order valence-corrected chi connectivity index (χ0v) is 9.13. The number of rotatable bonds is 1. The number of hydrogen-bond donors (Lipinski definition) is 2. The second-order valence-corrected chi connectivity index (χ2v) is 3.57. The molecule has 4 nitrogen and oxygen atoms in total. The van der Waals surface area contributed by atoms with Crippen LogP contribution in [0.1, 0.15) is 16.1 Å². The van der Waals surface area contributed by atoms with Gasteiger partial charge < -0.3 is 14.8 Å². The number of halogens is 3. The van der Waals surface area contributed by atoms with Crippen molar-refractivity contribution < 1.29 is 27.8 Å². The normalized spacial score (nSPS) is 11.8. The molecular weight excluding hydrogens is 251 g/mol. The number of alkyl halides is 3. The van der Waals surface area contributed by atoms with Gasteiger partial charge in [-0.2, -0.15) is 13.2 Å². The molecule has 0 saturated heterocycles. The van der Waals surface area contributed by atoms with Crippen molar-refractivity contribution in [3.8, 4) is 5.75 Å². The van der Waals surface area contributed by atoms with Gasteiger partial charge in [0.2, 0.25) is 0 Å². The number of carbonyl (C=O) groups is 1. The van der Waals surface area contributed by atoms with Gasteiger partial charge in [0.05, 0.1) is 23.6 Å². The average Bonchev–Trinajstić information content (AvgIpc) is 2.65. The second-order valence-electron chi connectivity index (χ2n) is 3.57. The van der Waals surface area contributed by atoms with Gasteiger partial charge in [-0.05, 0) is 12.1 Å². The van der Waals surface area contributed by atoms with Gasteiger partial charge in [-0.15, -0.1) is 0 Å². The Morgan fingerprint density at radius 2 is 2.06 bits per heavy atom. The van der Waals surface area contributed by atoms with E-state index in [9.17, 15) is 23.1 Å². The first-order valence-electron chi connectivity index (χ1n) is 4.85. The van der Waals surface area contributed by atoms with E-state index in [0.29, 0.717) is 0 Å². The number of fused-ring (bicyclic) bond motifs is 1. The van der Waals surface area contributed by atoms with Gasteiger partial charge in [0, 0.05) is 0 Å². The van der Waals surface area contributed by atoms with E-state index in [2.05, 4.69) is 9.72 Å². The molecule has 0 saturated carbocycles. The van der Waals surface area contributed by atoms with Crippen molar-refractivity contribution in [3.63, 3.8) is 0 Å². The van der Waals surface area contributed by atoms with Gasteiger partial charge in [0.25, 0.3) is 0 Å². The van der Waals surface area contributed by atoms with Crippen LogP contribution in [0, 0.1) is 0 Å². The molecule has 7 heteroatoms. The molecule has 0 aliphatic carbocycles. The zero-order chi connectivity index (χ0) is 13.5. The van der Waals surface area contributed by atoms with E-state index in [-0.39, 0.29) is 5.52 Å². The van der Waals surface area contributed by atoms with Crippen LogP contribution in [0.25, 0.3) is 10.9 Å². The first-order valence-corrected chi connectivity index (χ1v) is 4.85. The van der Waals surface area contributed by atoms with E-state index in [1.807, 2.05) is 0 Å². The summed E-state index contributed by atoms with van der Waals surface area (Å²) in [6, 6.07) is 3.34. The van der Waals surface area contributed by atoms with Crippen LogP contribution in [0.5, 0.6) is 5.75 Å². The van der Waals surface area contributed by atoms with Gasteiger partial charge in [0.1, 0.15) is 0 Å². The van der Waals surface area contributed by atoms with Crippen LogP contribution < -0.4 is 0 Å². The Morgan fingerprint density at radius 3 is 2.61 bits per heavy atom. The van der Waals surface area contributed by atoms with E-state index in [1.54, 1.807) is 0 Å². The fourth-order valence-electron chi connectivity index (χ4n) is 1.72. The summed E-state index contributed by atoms with van der Waals surface area (Å²) in [6.45, 7) is 0. The number of aromatic nitrogens is 1. The van der Waals surface area contributed by atoms with E-state index in [0.717, 1.165) is 13.2 Å². The summed E-state index contributed by atoms with van der Waals surface area (Å²) < 4.78 is 42.6. The number of esters is 1. The molecule has 2 aromatic rings. The molecule has 0 aliphatic heterocycles. The summed E-state index contributed by atoms with van der Waals surface area (Å²) in [5.41, 5.74) is -1.39. The van der Waals surface area contributed by atoms with Crippen molar-refractivity contribution in [1.29, 1.82) is 0 Å². The Balaban J connectivity index is 2.78. The number of methoxy groups -OCH3 is 1. The minimum atomic E-state index is -4.62. The van der Waals surface area contributed by atoms with Crippen LogP contribution in [0.3, 0.4) is 0 Å². The number of hydrogen-bond acceptors (Lipinski definition) is 3. The summed E-state index contributed by atoms with van der Waals surface area (Å²) in [7, 11) is 1.07. The third kappa shape index (κ3) is 1.77. The number of H-pyrrole nitrogens is 1. The fraction of sp³-hybridized carbons (Fsp3) is 0.182. The molecule has 1 aromatic carbocycles. The largest absolute Gasteiger partial charge is 0.505 e. The summed E-state index contributed by atoms with van der Waals surface area (Å²) >= 11 is 0. The van der Waals surface area contributed by atoms with Crippen LogP contribution in [0.4, 0.5) is 13.2 Å². The molecule has 0 spiro atoms. The molecule has 2 rings (SSSR count). The molecular formula is C11H8F3NO3. The summed E-state index contributed by atoms with van der Waals surface area (Å²) in [5, 5.41) is 9.26. The topological polar surface area (TPSA) is 62.3 Å². The van der Waals surface area contributed by atoms with Crippen molar-refractivity contribution in [1.82, 2.24) is 4.98 Å². The summed E-state index contributed by atoms with van der Waals surface area (Å²) in [5.74, 6) is -1.69. The van der Waals surface area contributed by atoms with Crippen LogP contribution in [0.15, 0.2) is 18.2 Å². The number of aromatic hydroxyl groups is 1. The zero-order valence-electron chi connectivity index (χ0n) is 9.13. The maximum atomic E-state index is 12.7. The van der Waals surface area contributed by atoms with E-state index in [4.69, 9.17) is 0 Å². The molecule has 0 aliphatic rings. The van der Waals surface area contributed by atoms with Crippen molar-refractivity contribution in [2.24, 2.45) is 0 Å². The van der Waals surface area contributed by atoms with E-state index >= 15 is 0 Å². The minimum absolute atomic E-state index is 0.0164. The molecule has 0 bridgehead atoms. The number of nitrogens with one attached hydrogen (secondary N) is 1. The lowest BCUT2D eigenvalue weighted by molar-refractivity contribution is -0.136. The highest BCUT2D eigenvalue weighted by atomic mass is 19.4. The number of benzene rings is 1. The first kappa shape index (κ1) is 12.3. The molecule has 0 amide bonds. The molecule has 0 atom stereocenters. The Bertz CT molecular complexity index is 616. The summed E-state index contributed by atoms with van der Waals surface area (Å²) in [6.07, 6.45) is -4.62. The van der Waals surface area contributed by atoms with Gasteiger partial charge in [0.15, 0.2) is 11.4 Å². The predicted molar refractivity (Wildman–Crippen MR) is 56.3 cm³/mol. The molecule has 96 valence electrons. The van der Waals surface area contributed by atoms with Crippen LogP contribution in [-0.4, -0.2) is 23.2 Å². The third-order valence-electron chi connectivity index (χ3n) is 2.49. The highest BCUT2D eigenvalue weighted by Gasteiger charge is 2.35. The van der Waals surface area contributed by atoms with Crippen molar-refractivity contribution in [3.05, 3.63) is 29.5 Å². The Hall–Kier alpha value is -2.18. The predicted octanol–water partition coefficient (Wildman–Crippen LogP) is 2.68. The van der Waals surface area contributed by atoms with Gasteiger partial charge in [-0.25, -0.2) is 4.79 Å². The molecule has 1 aromatic heterocycles. The molecule has 18 heavy (non-hydrogen) atoms. The maximum absolute atomic E-state index is 12.7. The minimum Gasteiger partial charge on any atom is -0.505 e. The van der Waals surface area contributed by atoms with E-state index < -0.39 is 34.5 Å². The third-order valence-corrected chi connectivity index (χ3v) is 2.49.